The smallest absolute Gasteiger partial charge is 0.337 e. The lowest BCUT2D eigenvalue weighted by Gasteiger charge is -2.39. The molecule has 0 heterocycles. The van der Waals surface area contributed by atoms with E-state index >= 15 is 0 Å². The highest BCUT2D eigenvalue weighted by Crippen LogP contribution is 2.46. The van der Waals surface area contributed by atoms with Crippen molar-refractivity contribution in [2.45, 2.75) is 84.2 Å². The Morgan fingerprint density at radius 1 is 0.963 bits per heavy atom. The van der Waals surface area contributed by atoms with Gasteiger partial charge in [-0.25, -0.2) is 0 Å². The first-order chi connectivity index (χ1) is 11.9. The van der Waals surface area contributed by atoms with Crippen molar-refractivity contribution in [3.05, 3.63) is 0 Å². The van der Waals surface area contributed by atoms with E-state index in [9.17, 15) is 14.2 Å². The van der Waals surface area contributed by atoms with Crippen LogP contribution in [0.5, 0.6) is 0 Å². The summed E-state index contributed by atoms with van der Waals surface area (Å²) in [5.74, 6) is -0.769. The summed E-state index contributed by atoms with van der Waals surface area (Å²) in [4.78, 5) is 24.7. The first-order valence-electron chi connectivity index (χ1n) is 9.06. The second-order valence-electron chi connectivity index (χ2n) is 9.17. The molecule has 0 amide bonds. The summed E-state index contributed by atoms with van der Waals surface area (Å²) in [5, 5.41) is -0.0867. The van der Waals surface area contributed by atoms with E-state index in [4.69, 9.17) is 18.2 Å². The molecular formula is C18H37O7PSi. The van der Waals surface area contributed by atoms with Gasteiger partial charge >= 0.3 is 13.6 Å². The van der Waals surface area contributed by atoms with Crippen molar-refractivity contribution in [2.24, 2.45) is 0 Å². The van der Waals surface area contributed by atoms with Crippen LogP contribution in [0.3, 0.4) is 0 Å². The molecule has 160 valence electrons. The number of hydrogen-bond donors (Lipinski definition) is 0. The molecule has 0 aliphatic heterocycles. The summed E-state index contributed by atoms with van der Waals surface area (Å²) in [5.41, 5.74) is -0.621. The fourth-order valence-corrected chi connectivity index (χ4v) is 4.38. The fraction of sp³-hybridized carbons (Fsp3) is 0.889. The quantitative estimate of drug-likeness (QED) is 0.289. The number of ketones is 1. The highest BCUT2D eigenvalue weighted by atomic mass is 31.2. The number of carbonyl (C=O) groups excluding carboxylic acids is 2. The van der Waals surface area contributed by atoms with Gasteiger partial charge in [0.15, 0.2) is 8.32 Å². The van der Waals surface area contributed by atoms with Gasteiger partial charge in [0.1, 0.15) is 17.5 Å². The van der Waals surface area contributed by atoms with Crippen LogP contribution in [0.2, 0.25) is 18.1 Å². The van der Waals surface area contributed by atoms with Crippen LogP contribution >= 0.6 is 7.60 Å². The lowest BCUT2D eigenvalue weighted by Crippen LogP contribution is -2.45. The van der Waals surface area contributed by atoms with Crippen LogP contribution in [-0.4, -0.2) is 52.2 Å². The molecule has 0 aromatic rings. The SMILES string of the molecule is COP(=O)(CC(=O)C[C@H](CC(=O)OC(C)(C)C)O[Si](C)(C)C(C)(C)C)OC. The Labute approximate surface area is 165 Å². The molecule has 0 aliphatic carbocycles. The van der Waals surface area contributed by atoms with Gasteiger partial charge in [-0.1, -0.05) is 20.8 Å². The molecule has 27 heavy (non-hydrogen) atoms. The summed E-state index contributed by atoms with van der Waals surface area (Å²) in [6, 6.07) is 0. The molecule has 0 unspecified atom stereocenters. The first-order valence-corrected chi connectivity index (χ1v) is 13.7. The molecule has 0 saturated heterocycles. The maximum atomic E-state index is 12.4. The van der Waals surface area contributed by atoms with Crippen molar-refractivity contribution < 1.29 is 32.4 Å². The standard InChI is InChI=1S/C18H37O7PSi/c1-17(2,3)24-16(20)12-15(25-27(9,10)18(4,5)6)11-14(19)13-26(21,22-7)23-8/h15H,11-13H2,1-10H3/t15-/m1/s1. The number of Topliss-reactive ketones (excluding diaryl/α,β-unsaturated/α-hetero) is 1. The molecule has 0 N–H and O–H groups in total. The number of ether oxygens (including phenoxy) is 1. The third kappa shape index (κ3) is 9.99. The normalized spacial score (nSPS) is 14.7. The van der Waals surface area contributed by atoms with Gasteiger partial charge < -0.3 is 18.2 Å². The number of carbonyl (C=O) groups is 2. The van der Waals surface area contributed by atoms with E-state index in [1.165, 1.54) is 14.2 Å². The molecule has 0 saturated carbocycles. The second kappa shape index (κ2) is 9.79. The van der Waals surface area contributed by atoms with Gasteiger partial charge in [0.2, 0.25) is 0 Å². The van der Waals surface area contributed by atoms with Crippen LogP contribution in [0.4, 0.5) is 0 Å². The Balaban J connectivity index is 5.32. The molecule has 0 spiro atoms. The third-order valence-electron chi connectivity index (χ3n) is 4.46. The van der Waals surface area contributed by atoms with Gasteiger partial charge in [-0.05, 0) is 38.9 Å². The molecule has 7 nitrogen and oxygen atoms in total. The zero-order chi connectivity index (χ0) is 21.7. The van der Waals surface area contributed by atoms with Crippen LogP contribution in [0.15, 0.2) is 0 Å². The van der Waals surface area contributed by atoms with Crippen LogP contribution in [0.1, 0.15) is 54.4 Å². The van der Waals surface area contributed by atoms with Crippen LogP contribution in [-0.2, 0) is 32.4 Å². The summed E-state index contributed by atoms with van der Waals surface area (Å²) >= 11 is 0. The molecule has 9 heteroatoms. The van der Waals surface area contributed by atoms with Gasteiger partial charge in [0.25, 0.3) is 0 Å². The second-order valence-corrected chi connectivity index (χ2v) is 16.2. The van der Waals surface area contributed by atoms with E-state index in [-0.39, 0.29) is 29.8 Å². The van der Waals surface area contributed by atoms with Gasteiger partial charge in [-0.15, -0.1) is 0 Å². The topological polar surface area (TPSA) is 88.1 Å². The Morgan fingerprint density at radius 3 is 1.81 bits per heavy atom. The molecule has 0 rings (SSSR count). The van der Waals surface area contributed by atoms with Crippen LogP contribution in [0.25, 0.3) is 0 Å². The predicted molar refractivity (Wildman–Crippen MR) is 109 cm³/mol. The lowest BCUT2D eigenvalue weighted by molar-refractivity contribution is -0.156. The molecule has 0 aromatic heterocycles. The number of esters is 1. The highest BCUT2D eigenvalue weighted by Gasteiger charge is 2.40. The average molecular weight is 425 g/mol. The van der Waals surface area contributed by atoms with Crippen LogP contribution < -0.4 is 0 Å². The van der Waals surface area contributed by atoms with Gasteiger partial charge in [-0.2, -0.15) is 0 Å². The van der Waals surface area contributed by atoms with Crippen molar-refractivity contribution in [2.75, 3.05) is 20.4 Å². The molecule has 0 radical (unpaired) electrons. The van der Waals surface area contributed by atoms with Crippen molar-refractivity contribution in [1.29, 1.82) is 0 Å². The summed E-state index contributed by atoms with van der Waals surface area (Å²) in [7, 11) is -3.21. The molecule has 1 atom stereocenters. The minimum Gasteiger partial charge on any atom is -0.460 e. The van der Waals surface area contributed by atoms with Crippen molar-refractivity contribution in [3.63, 3.8) is 0 Å². The third-order valence-corrected chi connectivity index (χ3v) is 10.9. The minimum atomic E-state index is -3.45. The van der Waals surface area contributed by atoms with E-state index < -0.39 is 33.6 Å². The summed E-state index contributed by atoms with van der Waals surface area (Å²) in [6.45, 7) is 15.7. The lowest BCUT2D eigenvalue weighted by atomic mass is 10.1. The highest BCUT2D eigenvalue weighted by molar-refractivity contribution is 7.54. The van der Waals surface area contributed by atoms with E-state index in [0.29, 0.717) is 0 Å². The van der Waals surface area contributed by atoms with E-state index in [0.717, 1.165) is 0 Å². The molecule has 0 aromatic carbocycles. The zero-order valence-electron chi connectivity index (χ0n) is 18.5. The molecule has 0 aliphatic rings. The molecular weight excluding hydrogens is 387 g/mol. The summed E-state index contributed by atoms with van der Waals surface area (Å²) < 4.78 is 33.5. The number of rotatable bonds is 10. The van der Waals surface area contributed by atoms with Gasteiger partial charge in [0.05, 0.1) is 12.5 Å². The van der Waals surface area contributed by atoms with Crippen molar-refractivity contribution in [3.8, 4) is 0 Å². The average Bonchev–Trinajstić information content (AvgIpc) is 2.42. The van der Waals surface area contributed by atoms with E-state index in [1.807, 2.05) is 0 Å². The first kappa shape index (κ1) is 26.5. The van der Waals surface area contributed by atoms with Crippen molar-refractivity contribution in [1.82, 2.24) is 0 Å². The maximum Gasteiger partial charge on any atom is 0.337 e. The Hall–Kier alpha value is -0.533. The monoisotopic (exact) mass is 424 g/mol. The Kier molecular flexibility index (Phi) is 9.59. The van der Waals surface area contributed by atoms with Gasteiger partial charge in [0, 0.05) is 20.6 Å². The van der Waals surface area contributed by atoms with E-state index in [1.54, 1.807) is 20.8 Å². The minimum absolute atomic E-state index is 0.0419. The molecule has 0 fully saturated rings. The predicted octanol–water partition coefficient (Wildman–Crippen LogP) is 4.55. The number of hydrogen-bond acceptors (Lipinski definition) is 7. The summed E-state index contributed by atoms with van der Waals surface area (Å²) in [6.07, 6.45) is -1.09. The zero-order valence-corrected chi connectivity index (χ0v) is 20.4. The largest absolute Gasteiger partial charge is 0.460 e. The van der Waals surface area contributed by atoms with Gasteiger partial charge in [-0.3, -0.25) is 14.2 Å². The fourth-order valence-electron chi connectivity index (χ4n) is 2.06. The molecule has 0 bridgehead atoms. The van der Waals surface area contributed by atoms with Crippen LogP contribution in [0, 0.1) is 0 Å². The Morgan fingerprint density at radius 2 is 1.44 bits per heavy atom. The van der Waals surface area contributed by atoms with E-state index in [2.05, 4.69) is 33.9 Å². The maximum absolute atomic E-state index is 12.4. The Bertz CT molecular complexity index is 553. The van der Waals surface area contributed by atoms with Crippen molar-refractivity contribution >= 4 is 27.7 Å².